The smallest absolute Gasteiger partial charge is 0.203 e. The highest BCUT2D eigenvalue weighted by Gasteiger charge is 2.13. The van der Waals surface area contributed by atoms with Crippen LogP contribution in [0.5, 0.6) is 17.2 Å². The molecule has 6 heteroatoms. The second kappa shape index (κ2) is 7.06. The Morgan fingerprint density at radius 2 is 1.68 bits per heavy atom. The first-order valence-corrected chi connectivity index (χ1v) is 7.08. The number of hydrogen-bond acceptors (Lipinski definition) is 6. The average molecular weight is 306 g/mol. The van der Waals surface area contributed by atoms with E-state index >= 15 is 0 Å². The predicted molar refractivity (Wildman–Crippen MR) is 84.0 cm³/mol. The zero-order chi connectivity index (χ0) is 16.1. The number of aromatic nitrogens is 1. The molecule has 120 valence electrons. The molecule has 0 saturated carbocycles. The van der Waals surface area contributed by atoms with Crippen molar-refractivity contribution in [2.45, 2.75) is 26.3 Å². The van der Waals surface area contributed by atoms with Crippen LogP contribution in [0.4, 0.5) is 5.82 Å². The van der Waals surface area contributed by atoms with Crippen LogP contribution in [0.25, 0.3) is 0 Å². The van der Waals surface area contributed by atoms with E-state index in [1.54, 1.807) is 21.3 Å². The van der Waals surface area contributed by atoms with Crippen LogP contribution in [0.3, 0.4) is 0 Å². The molecule has 2 rings (SSSR count). The molecular weight excluding hydrogens is 284 g/mol. The number of ether oxygens (including phenoxy) is 3. The normalized spacial score (nSPS) is 10.6. The van der Waals surface area contributed by atoms with E-state index in [2.05, 4.69) is 24.3 Å². The summed E-state index contributed by atoms with van der Waals surface area (Å²) in [5.41, 5.74) is 0.989. The fourth-order valence-electron chi connectivity index (χ4n) is 2.07. The lowest BCUT2D eigenvalue weighted by atomic mass is 10.1. The number of hydrogen-bond donors (Lipinski definition) is 1. The summed E-state index contributed by atoms with van der Waals surface area (Å²) in [6, 6.07) is 5.71. The summed E-state index contributed by atoms with van der Waals surface area (Å²) in [4.78, 5) is 0. The molecule has 6 nitrogen and oxygen atoms in total. The van der Waals surface area contributed by atoms with Gasteiger partial charge in [0, 0.05) is 18.5 Å². The van der Waals surface area contributed by atoms with Crippen LogP contribution in [0.1, 0.15) is 31.1 Å². The van der Waals surface area contributed by atoms with Gasteiger partial charge >= 0.3 is 0 Å². The highest BCUT2D eigenvalue weighted by Crippen LogP contribution is 2.38. The fourth-order valence-corrected chi connectivity index (χ4v) is 2.07. The molecule has 0 radical (unpaired) electrons. The summed E-state index contributed by atoms with van der Waals surface area (Å²) in [6.45, 7) is 4.69. The first-order valence-electron chi connectivity index (χ1n) is 7.08. The molecule has 0 spiro atoms. The minimum atomic E-state index is 0.309. The standard InChI is InChI=1S/C16H22N2O4/c1-10(2)12-8-15(18-22-12)17-9-11-6-13(19-3)16(21-5)14(7-11)20-4/h6-8,10H,9H2,1-5H3,(H,17,18). The minimum absolute atomic E-state index is 0.309. The third-order valence-corrected chi connectivity index (χ3v) is 3.30. The molecule has 1 aromatic carbocycles. The van der Waals surface area contributed by atoms with Crippen LogP contribution in [-0.2, 0) is 6.54 Å². The van der Waals surface area contributed by atoms with Crippen molar-refractivity contribution in [3.8, 4) is 17.2 Å². The van der Waals surface area contributed by atoms with E-state index in [0.717, 1.165) is 11.3 Å². The maximum absolute atomic E-state index is 5.34. The van der Waals surface area contributed by atoms with Crippen LogP contribution < -0.4 is 19.5 Å². The van der Waals surface area contributed by atoms with Crippen molar-refractivity contribution in [3.05, 3.63) is 29.5 Å². The van der Waals surface area contributed by atoms with Gasteiger partial charge in [0.05, 0.1) is 21.3 Å². The average Bonchev–Trinajstić information content (AvgIpc) is 3.00. The number of benzene rings is 1. The molecule has 0 aliphatic heterocycles. The van der Waals surface area contributed by atoms with E-state index in [-0.39, 0.29) is 0 Å². The third-order valence-electron chi connectivity index (χ3n) is 3.30. The Morgan fingerprint density at radius 3 is 2.14 bits per heavy atom. The van der Waals surface area contributed by atoms with Gasteiger partial charge in [-0.15, -0.1) is 0 Å². The summed E-state index contributed by atoms with van der Waals surface area (Å²) < 4.78 is 21.2. The minimum Gasteiger partial charge on any atom is -0.493 e. The van der Waals surface area contributed by atoms with E-state index in [1.807, 2.05) is 18.2 Å². The zero-order valence-corrected chi connectivity index (χ0v) is 13.6. The van der Waals surface area contributed by atoms with Crippen molar-refractivity contribution in [2.24, 2.45) is 0 Å². The maximum Gasteiger partial charge on any atom is 0.203 e. The second-order valence-corrected chi connectivity index (χ2v) is 5.16. The van der Waals surface area contributed by atoms with Crippen molar-refractivity contribution < 1.29 is 18.7 Å². The topological polar surface area (TPSA) is 65.8 Å². The van der Waals surface area contributed by atoms with Gasteiger partial charge in [0.2, 0.25) is 5.75 Å². The first-order chi connectivity index (χ1) is 10.6. The molecule has 1 N–H and O–H groups in total. The van der Waals surface area contributed by atoms with Crippen LogP contribution in [-0.4, -0.2) is 26.5 Å². The highest BCUT2D eigenvalue weighted by molar-refractivity contribution is 5.54. The highest BCUT2D eigenvalue weighted by atomic mass is 16.5. The Bertz CT molecular complexity index is 597. The quantitative estimate of drug-likeness (QED) is 0.845. The van der Waals surface area contributed by atoms with E-state index in [0.29, 0.717) is 35.5 Å². The molecule has 0 unspecified atom stereocenters. The van der Waals surface area contributed by atoms with Crippen LogP contribution in [0, 0.1) is 0 Å². The van der Waals surface area contributed by atoms with Crippen molar-refractivity contribution in [1.29, 1.82) is 0 Å². The SMILES string of the molecule is COc1cc(CNc2cc(C(C)C)on2)cc(OC)c1OC. The Balaban J connectivity index is 2.15. The second-order valence-electron chi connectivity index (χ2n) is 5.16. The van der Waals surface area contributed by atoms with Crippen LogP contribution >= 0.6 is 0 Å². The number of nitrogens with one attached hydrogen (secondary N) is 1. The Kier molecular flexibility index (Phi) is 5.14. The number of methoxy groups -OCH3 is 3. The summed E-state index contributed by atoms with van der Waals surface area (Å²) >= 11 is 0. The van der Waals surface area contributed by atoms with Gasteiger partial charge in [0.25, 0.3) is 0 Å². The van der Waals surface area contributed by atoms with Gasteiger partial charge in [-0.3, -0.25) is 0 Å². The summed E-state index contributed by atoms with van der Waals surface area (Å²) in [5, 5.41) is 7.22. The fraction of sp³-hybridized carbons (Fsp3) is 0.438. The van der Waals surface area contributed by atoms with Gasteiger partial charge in [0.15, 0.2) is 17.3 Å². The maximum atomic E-state index is 5.34. The van der Waals surface area contributed by atoms with E-state index in [4.69, 9.17) is 18.7 Å². The molecule has 0 saturated heterocycles. The van der Waals surface area contributed by atoms with Crippen LogP contribution in [0.2, 0.25) is 0 Å². The van der Waals surface area contributed by atoms with E-state index in [9.17, 15) is 0 Å². The van der Waals surface area contributed by atoms with E-state index < -0.39 is 0 Å². The van der Waals surface area contributed by atoms with Crippen molar-refractivity contribution >= 4 is 5.82 Å². The molecule has 22 heavy (non-hydrogen) atoms. The molecule has 0 aliphatic rings. The summed E-state index contributed by atoms with van der Waals surface area (Å²) in [7, 11) is 4.78. The molecule has 0 fully saturated rings. The first kappa shape index (κ1) is 16.0. The molecule has 2 aromatic rings. The third kappa shape index (κ3) is 3.44. The largest absolute Gasteiger partial charge is 0.493 e. The van der Waals surface area contributed by atoms with Crippen LogP contribution in [0.15, 0.2) is 22.7 Å². The Labute approximate surface area is 130 Å². The molecule has 0 atom stereocenters. The van der Waals surface area contributed by atoms with Crippen molar-refractivity contribution in [3.63, 3.8) is 0 Å². The van der Waals surface area contributed by atoms with Gasteiger partial charge in [-0.1, -0.05) is 19.0 Å². The predicted octanol–water partition coefficient (Wildman–Crippen LogP) is 3.44. The molecule has 1 heterocycles. The molecule has 0 bridgehead atoms. The molecule has 0 amide bonds. The van der Waals surface area contributed by atoms with Gasteiger partial charge in [-0.25, -0.2) is 0 Å². The molecule has 1 aromatic heterocycles. The molecular formula is C16H22N2O4. The summed E-state index contributed by atoms with van der Waals surface area (Å²) in [6.07, 6.45) is 0. The number of nitrogens with zero attached hydrogens (tertiary/aromatic N) is 1. The Morgan fingerprint density at radius 1 is 1.05 bits per heavy atom. The van der Waals surface area contributed by atoms with Gasteiger partial charge in [0.1, 0.15) is 5.76 Å². The lowest BCUT2D eigenvalue weighted by Crippen LogP contribution is -2.02. The molecule has 0 aliphatic carbocycles. The van der Waals surface area contributed by atoms with Gasteiger partial charge in [-0.05, 0) is 17.7 Å². The van der Waals surface area contributed by atoms with Gasteiger partial charge in [-0.2, -0.15) is 0 Å². The van der Waals surface area contributed by atoms with Gasteiger partial charge < -0.3 is 24.1 Å². The Hall–Kier alpha value is -2.37. The monoisotopic (exact) mass is 306 g/mol. The number of anilines is 1. The number of rotatable bonds is 7. The summed E-state index contributed by atoms with van der Waals surface area (Å²) in [5.74, 6) is 3.70. The zero-order valence-electron chi connectivity index (χ0n) is 13.6. The van der Waals surface area contributed by atoms with Crippen molar-refractivity contribution in [1.82, 2.24) is 5.16 Å². The van der Waals surface area contributed by atoms with E-state index in [1.165, 1.54) is 0 Å². The lowest BCUT2D eigenvalue weighted by Gasteiger charge is -2.14. The lowest BCUT2D eigenvalue weighted by molar-refractivity contribution is 0.324. The van der Waals surface area contributed by atoms with Crippen molar-refractivity contribution in [2.75, 3.05) is 26.6 Å².